The Bertz CT molecular complexity index is 402. The standard InChI is InChI=1S/C11H15Cl2N3S/c1-7-8(2)17-4-3-16(7)11-9(5-12)10(13)14-6-15-11/h6-8H,3-5H2,1-2H3. The van der Waals surface area contributed by atoms with Crippen molar-refractivity contribution in [1.29, 1.82) is 0 Å². The van der Waals surface area contributed by atoms with Crippen molar-refractivity contribution in [2.75, 3.05) is 17.2 Å². The van der Waals surface area contributed by atoms with E-state index in [0.29, 0.717) is 22.3 Å². The molecule has 0 amide bonds. The summed E-state index contributed by atoms with van der Waals surface area (Å²) in [7, 11) is 0. The number of alkyl halides is 1. The first-order valence-electron chi connectivity index (χ1n) is 5.58. The van der Waals surface area contributed by atoms with Crippen molar-refractivity contribution >= 4 is 40.8 Å². The minimum Gasteiger partial charge on any atom is -0.352 e. The van der Waals surface area contributed by atoms with Gasteiger partial charge in [0, 0.05) is 29.2 Å². The largest absolute Gasteiger partial charge is 0.352 e. The first-order chi connectivity index (χ1) is 8.15. The highest BCUT2D eigenvalue weighted by atomic mass is 35.5. The molecule has 2 atom stereocenters. The Morgan fingerprint density at radius 1 is 1.47 bits per heavy atom. The second-order valence-corrected chi connectivity index (χ2v) is 6.22. The summed E-state index contributed by atoms with van der Waals surface area (Å²) in [5.74, 6) is 2.34. The molecule has 0 aliphatic carbocycles. The lowest BCUT2D eigenvalue weighted by molar-refractivity contribution is 0.617. The third-order valence-electron chi connectivity index (χ3n) is 3.16. The molecule has 3 nitrogen and oxygen atoms in total. The lowest BCUT2D eigenvalue weighted by atomic mass is 10.2. The smallest absolute Gasteiger partial charge is 0.138 e. The number of aromatic nitrogens is 2. The number of hydrogen-bond acceptors (Lipinski definition) is 4. The van der Waals surface area contributed by atoms with Crippen LogP contribution in [0.4, 0.5) is 5.82 Å². The van der Waals surface area contributed by atoms with Gasteiger partial charge in [-0.15, -0.1) is 11.6 Å². The first kappa shape index (κ1) is 13.2. The topological polar surface area (TPSA) is 29.0 Å². The van der Waals surface area contributed by atoms with Crippen molar-refractivity contribution in [2.45, 2.75) is 31.0 Å². The molecule has 0 bridgehead atoms. The third kappa shape index (κ3) is 2.64. The highest BCUT2D eigenvalue weighted by molar-refractivity contribution is 8.00. The predicted molar refractivity (Wildman–Crippen MR) is 75.3 cm³/mol. The lowest BCUT2D eigenvalue weighted by Crippen LogP contribution is -2.45. The van der Waals surface area contributed by atoms with Crippen molar-refractivity contribution in [1.82, 2.24) is 9.97 Å². The molecular weight excluding hydrogens is 277 g/mol. The summed E-state index contributed by atoms with van der Waals surface area (Å²) in [5.41, 5.74) is 0.835. The van der Waals surface area contributed by atoms with E-state index in [9.17, 15) is 0 Å². The summed E-state index contributed by atoms with van der Waals surface area (Å²) in [6.07, 6.45) is 1.51. The van der Waals surface area contributed by atoms with Crippen LogP contribution in [0, 0.1) is 0 Å². The van der Waals surface area contributed by atoms with Gasteiger partial charge >= 0.3 is 0 Å². The van der Waals surface area contributed by atoms with Crippen LogP contribution in [0.1, 0.15) is 19.4 Å². The molecule has 94 valence electrons. The average molecular weight is 292 g/mol. The van der Waals surface area contributed by atoms with Crippen LogP contribution in [-0.2, 0) is 5.88 Å². The summed E-state index contributed by atoms with van der Waals surface area (Å²) in [6.45, 7) is 5.43. The zero-order valence-corrected chi connectivity index (χ0v) is 12.2. The zero-order valence-electron chi connectivity index (χ0n) is 9.86. The Hall–Kier alpha value is -0.190. The molecule has 1 aromatic heterocycles. The van der Waals surface area contributed by atoms with Gasteiger partial charge in [0.25, 0.3) is 0 Å². The molecule has 1 saturated heterocycles. The lowest BCUT2D eigenvalue weighted by Gasteiger charge is -2.39. The van der Waals surface area contributed by atoms with Gasteiger partial charge in [-0.05, 0) is 6.92 Å². The van der Waals surface area contributed by atoms with Crippen LogP contribution in [0.3, 0.4) is 0 Å². The molecule has 1 aromatic rings. The third-order valence-corrected chi connectivity index (χ3v) is 5.09. The van der Waals surface area contributed by atoms with E-state index in [1.807, 2.05) is 11.8 Å². The Labute approximate surface area is 116 Å². The number of hydrogen-bond donors (Lipinski definition) is 0. The van der Waals surface area contributed by atoms with E-state index in [4.69, 9.17) is 23.2 Å². The summed E-state index contributed by atoms with van der Waals surface area (Å²) in [6, 6.07) is 0.432. The molecule has 1 aliphatic heterocycles. The maximum atomic E-state index is 6.07. The molecule has 1 fully saturated rings. The van der Waals surface area contributed by atoms with Gasteiger partial charge in [-0.3, -0.25) is 0 Å². The van der Waals surface area contributed by atoms with Crippen molar-refractivity contribution in [3.8, 4) is 0 Å². The molecule has 0 spiro atoms. The summed E-state index contributed by atoms with van der Waals surface area (Å²) in [5, 5.41) is 1.05. The number of rotatable bonds is 2. The van der Waals surface area contributed by atoms with E-state index in [1.165, 1.54) is 6.33 Å². The van der Waals surface area contributed by atoms with Crippen LogP contribution < -0.4 is 4.90 Å². The quantitative estimate of drug-likeness (QED) is 0.618. The predicted octanol–water partition coefficient (Wildman–Crippen LogP) is 3.20. The molecule has 0 aromatic carbocycles. The minimum atomic E-state index is 0.347. The molecule has 2 heterocycles. The molecule has 2 rings (SSSR count). The van der Waals surface area contributed by atoms with E-state index < -0.39 is 0 Å². The number of anilines is 1. The van der Waals surface area contributed by atoms with E-state index >= 15 is 0 Å². The van der Waals surface area contributed by atoms with Crippen LogP contribution in [0.2, 0.25) is 5.15 Å². The number of halogens is 2. The summed E-state index contributed by atoms with van der Waals surface area (Å²) < 4.78 is 0. The van der Waals surface area contributed by atoms with Crippen LogP contribution in [0.5, 0.6) is 0 Å². The van der Waals surface area contributed by atoms with Gasteiger partial charge in [0.15, 0.2) is 0 Å². The molecule has 17 heavy (non-hydrogen) atoms. The van der Waals surface area contributed by atoms with Gasteiger partial charge in [-0.25, -0.2) is 9.97 Å². The maximum absolute atomic E-state index is 6.07. The van der Waals surface area contributed by atoms with Gasteiger partial charge < -0.3 is 4.90 Å². The molecule has 1 aliphatic rings. The van der Waals surface area contributed by atoms with Crippen molar-refractivity contribution in [3.63, 3.8) is 0 Å². The molecule has 0 saturated carbocycles. The fraction of sp³-hybridized carbons (Fsp3) is 0.636. The highest BCUT2D eigenvalue weighted by Crippen LogP contribution is 2.32. The van der Waals surface area contributed by atoms with Crippen LogP contribution in [0.25, 0.3) is 0 Å². The van der Waals surface area contributed by atoms with Crippen LogP contribution >= 0.6 is 35.0 Å². The molecular formula is C11H15Cl2N3S. The minimum absolute atomic E-state index is 0.347. The molecule has 0 radical (unpaired) electrons. The van der Waals surface area contributed by atoms with Gasteiger partial charge in [0.1, 0.15) is 17.3 Å². The second-order valence-electron chi connectivity index (χ2n) is 4.11. The molecule has 2 unspecified atom stereocenters. The van der Waals surface area contributed by atoms with Crippen LogP contribution in [0.15, 0.2) is 6.33 Å². The number of nitrogens with zero attached hydrogens (tertiary/aromatic N) is 3. The van der Waals surface area contributed by atoms with E-state index in [0.717, 1.165) is 23.7 Å². The Kier molecular flexibility index (Phi) is 4.39. The molecule has 6 heteroatoms. The average Bonchev–Trinajstić information content (AvgIpc) is 2.32. The van der Waals surface area contributed by atoms with E-state index in [-0.39, 0.29) is 0 Å². The summed E-state index contributed by atoms with van der Waals surface area (Å²) >= 11 is 14.0. The van der Waals surface area contributed by atoms with Gasteiger partial charge in [-0.2, -0.15) is 11.8 Å². The fourth-order valence-corrected chi connectivity index (χ4v) is 3.59. The van der Waals surface area contributed by atoms with Crippen molar-refractivity contribution in [2.24, 2.45) is 0 Å². The molecule has 0 N–H and O–H groups in total. The Balaban J connectivity index is 2.35. The van der Waals surface area contributed by atoms with Crippen molar-refractivity contribution in [3.05, 3.63) is 17.0 Å². The van der Waals surface area contributed by atoms with E-state index in [2.05, 4.69) is 28.7 Å². The second kappa shape index (κ2) is 5.63. The van der Waals surface area contributed by atoms with E-state index in [1.54, 1.807) is 0 Å². The zero-order chi connectivity index (χ0) is 12.4. The van der Waals surface area contributed by atoms with Crippen LogP contribution in [-0.4, -0.2) is 33.6 Å². The Morgan fingerprint density at radius 2 is 2.24 bits per heavy atom. The number of thioether (sulfide) groups is 1. The normalized spacial score (nSPS) is 25.1. The van der Waals surface area contributed by atoms with Gasteiger partial charge in [0.05, 0.1) is 5.88 Å². The SMILES string of the molecule is CC1SCCN(c2ncnc(Cl)c2CCl)C1C. The van der Waals surface area contributed by atoms with Gasteiger partial charge in [0.2, 0.25) is 0 Å². The fourth-order valence-electron chi connectivity index (χ4n) is 1.98. The van der Waals surface area contributed by atoms with Gasteiger partial charge in [-0.1, -0.05) is 18.5 Å². The Morgan fingerprint density at radius 3 is 2.94 bits per heavy atom. The first-order valence-corrected chi connectivity index (χ1v) is 7.55. The maximum Gasteiger partial charge on any atom is 0.138 e. The monoisotopic (exact) mass is 291 g/mol. The highest BCUT2D eigenvalue weighted by Gasteiger charge is 2.28. The summed E-state index contributed by atoms with van der Waals surface area (Å²) in [4.78, 5) is 10.6. The van der Waals surface area contributed by atoms with Crippen molar-refractivity contribution < 1.29 is 0 Å².